The van der Waals surface area contributed by atoms with Gasteiger partial charge in [0.1, 0.15) is 0 Å². The second kappa shape index (κ2) is 6.54. The molecule has 3 heteroatoms. The molecular weight excluding hydrogens is 224 g/mol. The summed E-state index contributed by atoms with van der Waals surface area (Å²) >= 11 is 0. The Morgan fingerprint density at radius 3 is 2.50 bits per heavy atom. The quantitative estimate of drug-likeness (QED) is 0.764. The van der Waals surface area contributed by atoms with Crippen molar-refractivity contribution in [3.05, 3.63) is 0 Å². The third kappa shape index (κ3) is 4.59. The maximum Gasteiger partial charge on any atom is 0.0621 e. The monoisotopic (exact) mass is 252 g/mol. The molecule has 0 radical (unpaired) electrons. The Morgan fingerprint density at radius 2 is 2.00 bits per heavy atom. The highest BCUT2D eigenvalue weighted by Gasteiger charge is 2.34. The molecule has 1 saturated carbocycles. The summed E-state index contributed by atoms with van der Waals surface area (Å²) in [6.45, 7) is 7.78. The molecule has 3 nitrogen and oxygen atoms in total. The van der Waals surface area contributed by atoms with Crippen molar-refractivity contribution < 1.29 is 5.11 Å². The first-order valence-corrected chi connectivity index (χ1v) is 7.16. The van der Waals surface area contributed by atoms with Gasteiger partial charge in [-0.1, -0.05) is 20.8 Å². The van der Waals surface area contributed by atoms with Gasteiger partial charge in [-0.2, -0.15) is 5.26 Å². The van der Waals surface area contributed by atoms with Gasteiger partial charge in [0.25, 0.3) is 0 Å². The molecule has 0 unspecified atom stereocenters. The van der Waals surface area contributed by atoms with Crippen molar-refractivity contribution in [1.29, 1.82) is 5.26 Å². The van der Waals surface area contributed by atoms with Crippen LogP contribution in [0.2, 0.25) is 0 Å². The van der Waals surface area contributed by atoms with Gasteiger partial charge in [-0.25, -0.2) is 0 Å². The van der Waals surface area contributed by atoms with Crippen molar-refractivity contribution in [2.45, 2.75) is 64.8 Å². The van der Waals surface area contributed by atoms with Crippen LogP contribution in [-0.2, 0) is 0 Å². The van der Waals surface area contributed by atoms with E-state index in [4.69, 9.17) is 5.26 Å². The maximum absolute atomic E-state index is 9.69. The topological polar surface area (TPSA) is 56.0 Å². The van der Waals surface area contributed by atoms with Crippen LogP contribution in [0, 0.1) is 22.7 Å². The second-order valence-electron chi connectivity index (χ2n) is 6.80. The number of nitriles is 1. The van der Waals surface area contributed by atoms with Gasteiger partial charge in [0.2, 0.25) is 0 Å². The zero-order chi connectivity index (χ0) is 13.6. The summed E-state index contributed by atoms with van der Waals surface area (Å²) in [5, 5.41) is 21.9. The second-order valence-corrected chi connectivity index (χ2v) is 6.80. The van der Waals surface area contributed by atoms with E-state index in [1.54, 1.807) is 0 Å². The summed E-state index contributed by atoms with van der Waals surface area (Å²) in [5.74, 6) is 0.790. The highest BCUT2D eigenvalue weighted by Crippen LogP contribution is 2.32. The minimum atomic E-state index is -0.0730. The number of aliphatic hydroxyl groups is 1. The molecule has 1 aliphatic rings. The minimum absolute atomic E-state index is 0.0730. The average Bonchev–Trinajstić information content (AvgIpc) is 2.37. The molecule has 104 valence electrons. The Bertz CT molecular complexity index is 285. The number of nitrogens with one attached hydrogen (secondary N) is 1. The smallest absolute Gasteiger partial charge is 0.0621 e. The zero-order valence-corrected chi connectivity index (χ0v) is 12.1. The summed E-state index contributed by atoms with van der Waals surface area (Å²) in [6, 6.07) is 2.21. The van der Waals surface area contributed by atoms with Gasteiger partial charge in [-0.15, -0.1) is 0 Å². The van der Waals surface area contributed by atoms with E-state index in [0.717, 1.165) is 31.7 Å². The summed E-state index contributed by atoms with van der Waals surface area (Å²) in [4.78, 5) is 0. The Kier molecular flexibility index (Phi) is 5.62. The molecule has 0 saturated heterocycles. The molecule has 0 spiro atoms. The molecule has 0 aromatic heterocycles. The molecular formula is C15H28N2O. The van der Waals surface area contributed by atoms with Crippen LogP contribution in [-0.4, -0.2) is 23.8 Å². The first-order chi connectivity index (χ1) is 8.43. The third-order valence-corrected chi connectivity index (χ3v) is 4.39. The molecule has 0 aromatic carbocycles. The lowest BCUT2D eigenvalue weighted by atomic mass is 9.76. The summed E-state index contributed by atoms with van der Waals surface area (Å²) in [6.07, 6.45) is 6.06. The number of hydrogen-bond donors (Lipinski definition) is 2. The van der Waals surface area contributed by atoms with Gasteiger partial charge in [0.05, 0.1) is 12.7 Å². The van der Waals surface area contributed by atoms with E-state index >= 15 is 0 Å². The van der Waals surface area contributed by atoms with E-state index in [1.165, 1.54) is 12.8 Å². The fourth-order valence-corrected chi connectivity index (χ4v) is 2.61. The molecule has 18 heavy (non-hydrogen) atoms. The first kappa shape index (κ1) is 15.5. The van der Waals surface area contributed by atoms with Crippen molar-refractivity contribution in [3.8, 4) is 6.07 Å². The van der Waals surface area contributed by atoms with E-state index in [2.05, 4.69) is 32.2 Å². The fraction of sp³-hybridized carbons (Fsp3) is 0.933. The van der Waals surface area contributed by atoms with Crippen LogP contribution in [0.15, 0.2) is 0 Å². The lowest BCUT2D eigenvalue weighted by molar-refractivity contribution is 0.0933. The molecule has 1 fully saturated rings. The largest absolute Gasteiger partial charge is 0.394 e. The first-order valence-electron chi connectivity index (χ1n) is 7.16. The molecule has 0 atom stereocenters. The van der Waals surface area contributed by atoms with Crippen LogP contribution >= 0.6 is 0 Å². The minimum Gasteiger partial charge on any atom is -0.394 e. The number of rotatable bonds is 6. The van der Waals surface area contributed by atoms with Crippen LogP contribution in [0.5, 0.6) is 0 Å². The lowest BCUT2D eigenvalue weighted by Crippen LogP contribution is -2.53. The Labute approximate surface area is 112 Å². The third-order valence-electron chi connectivity index (χ3n) is 4.39. The molecule has 0 aliphatic heterocycles. The maximum atomic E-state index is 9.69. The Balaban J connectivity index is 2.46. The van der Waals surface area contributed by atoms with Crippen LogP contribution in [0.3, 0.4) is 0 Å². The molecule has 2 N–H and O–H groups in total. The van der Waals surface area contributed by atoms with Gasteiger partial charge in [0.15, 0.2) is 0 Å². The van der Waals surface area contributed by atoms with Gasteiger partial charge in [-0.3, -0.25) is 0 Å². The van der Waals surface area contributed by atoms with Gasteiger partial charge < -0.3 is 10.4 Å². The van der Waals surface area contributed by atoms with Crippen molar-refractivity contribution in [1.82, 2.24) is 5.32 Å². The van der Waals surface area contributed by atoms with Crippen molar-refractivity contribution >= 4 is 0 Å². The Hall–Kier alpha value is -0.590. The number of aliphatic hydroxyl groups excluding tert-OH is 1. The highest BCUT2D eigenvalue weighted by molar-refractivity contribution is 4.93. The summed E-state index contributed by atoms with van der Waals surface area (Å²) in [5.41, 5.74) is 0.0530. The standard InChI is InChI=1S/C15H28N2O/c1-13-5-8-15(12-18,9-6-13)17-11-14(2,3)7-4-10-16/h13,17-18H,4-9,11-12H2,1-3H3. The van der Waals surface area contributed by atoms with Gasteiger partial charge >= 0.3 is 0 Å². The SMILES string of the molecule is CC1CCC(CO)(NCC(C)(C)CCC#N)CC1. The highest BCUT2D eigenvalue weighted by atomic mass is 16.3. The van der Waals surface area contributed by atoms with E-state index in [-0.39, 0.29) is 17.6 Å². The van der Waals surface area contributed by atoms with Gasteiger partial charge in [-0.05, 0) is 43.4 Å². The van der Waals surface area contributed by atoms with Crippen molar-refractivity contribution in [2.24, 2.45) is 11.3 Å². The van der Waals surface area contributed by atoms with Crippen LogP contribution < -0.4 is 5.32 Å². The van der Waals surface area contributed by atoms with Gasteiger partial charge in [0, 0.05) is 18.5 Å². The van der Waals surface area contributed by atoms with Crippen molar-refractivity contribution in [2.75, 3.05) is 13.2 Å². The normalized spacial score (nSPS) is 28.9. The van der Waals surface area contributed by atoms with E-state index in [1.807, 2.05) is 0 Å². The van der Waals surface area contributed by atoms with E-state index < -0.39 is 0 Å². The van der Waals surface area contributed by atoms with Crippen LogP contribution in [0.25, 0.3) is 0 Å². The van der Waals surface area contributed by atoms with E-state index in [9.17, 15) is 5.11 Å². The zero-order valence-electron chi connectivity index (χ0n) is 12.1. The summed E-state index contributed by atoms with van der Waals surface area (Å²) in [7, 11) is 0. The molecule has 0 heterocycles. The molecule has 1 aliphatic carbocycles. The Morgan fingerprint density at radius 1 is 1.39 bits per heavy atom. The molecule has 1 rings (SSSR count). The van der Waals surface area contributed by atoms with E-state index in [0.29, 0.717) is 6.42 Å². The predicted molar refractivity (Wildman–Crippen MR) is 74.1 cm³/mol. The van der Waals surface area contributed by atoms with Crippen LogP contribution in [0.4, 0.5) is 0 Å². The summed E-state index contributed by atoms with van der Waals surface area (Å²) < 4.78 is 0. The fourth-order valence-electron chi connectivity index (χ4n) is 2.61. The lowest BCUT2D eigenvalue weighted by Gasteiger charge is -2.41. The number of nitrogens with zero attached hydrogens (tertiary/aromatic N) is 1. The molecule has 0 amide bonds. The number of hydrogen-bond acceptors (Lipinski definition) is 3. The molecule has 0 bridgehead atoms. The molecule has 0 aromatic rings. The van der Waals surface area contributed by atoms with Crippen molar-refractivity contribution in [3.63, 3.8) is 0 Å². The predicted octanol–water partition coefficient (Wildman–Crippen LogP) is 2.85. The average molecular weight is 252 g/mol. The van der Waals surface area contributed by atoms with Crippen LogP contribution in [0.1, 0.15) is 59.3 Å².